The van der Waals surface area contributed by atoms with Crippen molar-refractivity contribution in [2.45, 2.75) is 83.8 Å². The predicted octanol–water partition coefficient (Wildman–Crippen LogP) is 3.42. The third kappa shape index (κ3) is 5.39. The minimum Gasteiger partial charge on any atom is -0.312 e. The van der Waals surface area contributed by atoms with E-state index in [9.17, 15) is 0 Å². The first-order valence-corrected chi connectivity index (χ1v) is 7.60. The van der Waals surface area contributed by atoms with Crippen molar-refractivity contribution in [1.82, 2.24) is 10.2 Å². The van der Waals surface area contributed by atoms with E-state index < -0.39 is 0 Å². The molecule has 1 aliphatic carbocycles. The molecule has 1 saturated carbocycles. The van der Waals surface area contributed by atoms with E-state index in [2.05, 4.69) is 38.0 Å². The first-order valence-electron chi connectivity index (χ1n) is 7.60. The number of hydrogen-bond acceptors (Lipinski definition) is 2. The highest BCUT2D eigenvalue weighted by Crippen LogP contribution is 2.17. The van der Waals surface area contributed by atoms with Crippen molar-refractivity contribution in [1.29, 1.82) is 0 Å². The molecule has 17 heavy (non-hydrogen) atoms. The summed E-state index contributed by atoms with van der Waals surface area (Å²) in [5.41, 5.74) is 0. The molecule has 0 heterocycles. The lowest BCUT2D eigenvalue weighted by Gasteiger charge is -2.33. The van der Waals surface area contributed by atoms with Crippen LogP contribution in [0.15, 0.2) is 0 Å². The topological polar surface area (TPSA) is 15.3 Å². The van der Waals surface area contributed by atoms with Gasteiger partial charge < -0.3 is 5.32 Å². The molecule has 0 aliphatic heterocycles. The van der Waals surface area contributed by atoms with Crippen LogP contribution in [-0.2, 0) is 0 Å². The minimum atomic E-state index is 0.651. The standard InChI is InChI=1S/C15H32N2/c1-5-9-13(2)17(4)14(3)12-16-15-10-7-6-8-11-15/h13-16H,5-12H2,1-4H3. The fourth-order valence-electron chi connectivity index (χ4n) is 2.84. The summed E-state index contributed by atoms with van der Waals surface area (Å²) < 4.78 is 0. The number of likely N-dealkylation sites (N-methyl/N-ethyl adjacent to an activating group) is 1. The molecular weight excluding hydrogens is 208 g/mol. The van der Waals surface area contributed by atoms with E-state index >= 15 is 0 Å². The van der Waals surface area contributed by atoms with E-state index in [1.54, 1.807) is 0 Å². The van der Waals surface area contributed by atoms with Gasteiger partial charge in [-0.05, 0) is 40.2 Å². The number of hydrogen-bond donors (Lipinski definition) is 1. The average Bonchev–Trinajstić information content (AvgIpc) is 2.36. The fourth-order valence-corrected chi connectivity index (χ4v) is 2.84. The highest BCUT2D eigenvalue weighted by Gasteiger charge is 2.17. The van der Waals surface area contributed by atoms with Gasteiger partial charge in [-0.15, -0.1) is 0 Å². The third-order valence-electron chi connectivity index (χ3n) is 4.40. The molecule has 2 heteroatoms. The van der Waals surface area contributed by atoms with Crippen LogP contribution in [0.3, 0.4) is 0 Å². The van der Waals surface area contributed by atoms with Crippen LogP contribution >= 0.6 is 0 Å². The van der Waals surface area contributed by atoms with Gasteiger partial charge >= 0.3 is 0 Å². The average molecular weight is 240 g/mol. The van der Waals surface area contributed by atoms with E-state index in [0.717, 1.165) is 12.6 Å². The van der Waals surface area contributed by atoms with Crippen LogP contribution in [-0.4, -0.2) is 36.6 Å². The number of nitrogens with zero attached hydrogens (tertiary/aromatic N) is 1. The molecule has 0 saturated heterocycles. The van der Waals surface area contributed by atoms with Gasteiger partial charge in [-0.2, -0.15) is 0 Å². The molecule has 0 aromatic heterocycles. The maximum atomic E-state index is 3.76. The van der Waals surface area contributed by atoms with Gasteiger partial charge in [-0.1, -0.05) is 32.6 Å². The van der Waals surface area contributed by atoms with Crippen LogP contribution in [0.25, 0.3) is 0 Å². The zero-order valence-electron chi connectivity index (χ0n) is 12.3. The van der Waals surface area contributed by atoms with Gasteiger partial charge in [-0.3, -0.25) is 4.90 Å². The van der Waals surface area contributed by atoms with Gasteiger partial charge in [0.1, 0.15) is 0 Å². The van der Waals surface area contributed by atoms with E-state index in [1.807, 2.05) is 0 Å². The summed E-state index contributed by atoms with van der Waals surface area (Å²) >= 11 is 0. The van der Waals surface area contributed by atoms with Crippen molar-refractivity contribution in [3.63, 3.8) is 0 Å². The Kier molecular flexibility index (Phi) is 7.14. The Morgan fingerprint density at radius 2 is 1.76 bits per heavy atom. The Labute approximate surface area is 108 Å². The summed E-state index contributed by atoms with van der Waals surface area (Å²) in [6.45, 7) is 8.12. The summed E-state index contributed by atoms with van der Waals surface area (Å²) in [6.07, 6.45) is 9.67. The summed E-state index contributed by atoms with van der Waals surface area (Å²) in [7, 11) is 2.27. The van der Waals surface area contributed by atoms with Gasteiger partial charge in [0, 0.05) is 24.7 Å². The lowest BCUT2D eigenvalue weighted by Crippen LogP contribution is -2.45. The van der Waals surface area contributed by atoms with Crippen LogP contribution in [0.1, 0.15) is 65.7 Å². The van der Waals surface area contributed by atoms with Crippen LogP contribution in [0, 0.1) is 0 Å². The second kappa shape index (κ2) is 8.10. The van der Waals surface area contributed by atoms with E-state index in [1.165, 1.54) is 44.9 Å². The molecule has 0 amide bonds. The lowest BCUT2D eigenvalue weighted by molar-refractivity contribution is 0.176. The summed E-state index contributed by atoms with van der Waals surface area (Å²) in [5.74, 6) is 0. The molecule has 0 spiro atoms. The Hall–Kier alpha value is -0.0800. The SMILES string of the molecule is CCCC(C)N(C)C(C)CNC1CCCCC1. The molecule has 1 fully saturated rings. The third-order valence-corrected chi connectivity index (χ3v) is 4.40. The van der Waals surface area contributed by atoms with E-state index in [0.29, 0.717) is 12.1 Å². The lowest BCUT2D eigenvalue weighted by atomic mass is 9.95. The first-order chi connectivity index (χ1) is 8.15. The molecule has 0 bridgehead atoms. The number of nitrogens with one attached hydrogen (secondary N) is 1. The summed E-state index contributed by atoms with van der Waals surface area (Å²) in [6, 6.07) is 2.16. The molecule has 0 aromatic carbocycles. The molecule has 2 nitrogen and oxygen atoms in total. The van der Waals surface area contributed by atoms with E-state index in [-0.39, 0.29) is 0 Å². The van der Waals surface area contributed by atoms with E-state index in [4.69, 9.17) is 0 Å². The molecule has 1 N–H and O–H groups in total. The molecule has 1 aliphatic rings. The van der Waals surface area contributed by atoms with Gasteiger partial charge in [0.15, 0.2) is 0 Å². The Balaban J connectivity index is 2.20. The normalized spacial score (nSPS) is 21.7. The molecule has 0 aromatic rings. The highest BCUT2D eigenvalue weighted by molar-refractivity contribution is 4.77. The van der Waals surface area contributed by atoms with Crippen molar-refractivity contribution >= 4 is 0 Å². The number of rotatable bonds is 7. The quantitative estimate of drug-likeness (QED) is 0.733. The first kappa shape index (κ1) is 15.0. The maximum absolute atomic E-state index is 3.76. The fraction of sp³-hybridized carbons (Fsp3) is 1.00. The van der Waals surface area contributed by atoms with Crippen LogP contribution < -0.4 is 5.32 Å². The monoisotopic (exact) mass is 240 g/mol. The van der Waals surface area contributed by atoms with Gasteiger partial charge in [0.25, 0.3) is 0 Å². The Morgan fingerprint density at radius 1 is 1.12 bits per heavy atom. The molecule has 1 rings (SSSR count). The van der Waals surface area contributed by atoms with Crippen LogP contribution in [0.4, 0.5) is 0 Å². The van der Waals surface area contributed by atoms with Gasteiger partial charge in [-0.25, -0.2) is 0 Å². The largest absolute Gasteiger partial charge is 0.312 e. The van der Waals surface area contributed by atoms with Crippen molar-refractivity contribution in [2.75, 3.05) is 13.6 Å². The van der Waals surface area contributed by atoms with Crippen LogP contribution in [0.5, 0.6) is 0 Å². The predicted molar refractivity (Wildman–Crippen MR) is 76.5 cm³/mol. The molecule has 0 radical (unpaired) electrons. The molecular formula is C15H32N2. The highest BCUT2D eigenvalue weighted by atomic mass is 15.2. The minimum absolute atomic E-state index is 0.651. The molecule has 102 valence electrons. The van der Waals surface area contributed by atoms with Crippen LogP contribution in [0.2, 0.25) is 0 Å². The van der Waals surface area contributed by atoms with Crippen molar-refractivity contribution < 1.29 is 0 Å². The van der Waals surface area contributed by atoms with Crippen molar-refractivity contribution in [3.8, 4) is 0 Å². The maximum Gasteiger partial charge on any atom is 0.0192 e. The summed E-state index contributed by atoms with van der Waals surface area (Å²) in [4.78, 5) is 2.53. The van der Waals surface area contributed by atoms with Gasteiger partial charge in [0.05, 0.1) is 0 Å². The zero-order chi connectivity index (χ0) is 12.7. The Bertz CT molecular complexity index is 187. The molecule has 2 unspecified atom stereocenters. The summed E-state index contributed by atoms with van der Waals surface area (Å²) in [5, 5.41) is 3.76. The van der Waals surface area contributed by atoms with Gasteiger partial charge in [0.2, 0.25) is 0 Å². The molecule has 2 atom stereocenters. The second-order valence-electron chi connectivity index (χ2n) is 5.90. The smallest absolute Gasteiger partial charge is 0.0192 e. The Morgan fingerprint density at radius 3 is 2.35 bits per heavy atom. The van der Waals surface area contributed by atoms with Crippen molar-refractivity contribution in [3.05, 3.63) is 0 Å². The second-order valence-corrected chi connectivity index (χ2v) is 5.90. The van der Waals surface area contributed by atoms with Crippen molar-refractivity contribution in [2.24, 2.45) is 0 Å². The zero-order valence-corrected chi connectivity index (χ0v) is 12.3.